The van der Waals surface area contributed by atoms with Gasteiger partial charge in [-0.25, -0.2) is 8.42 Å². The van der Waals surface area contributed by atoms with Crippen molar-refractivity contribution < 1.29 is 23.1 Å². The minimum Gasteiger partial charge on any atom is -0.480 e. The van der Waals surface area contributed by atoms with Gasteiger partial charge in [-0.2, -0.15) is 0 Å². The van der Waals surface area contributed by atoms with E-state index in [0.29, 0.717) is 0 Å². The van der Waals surface area contributed by atoms with E-state index in [0.717, 1.165) is 32.1 Å². The van der Waals surface area contributed by atoms with Gasteiger partial charge in [0.15, 0.2) is 15.1 Å². The molecule has 0 saturated heterocycles. The first-order chi connectivity index (χ1) is 9.30. The van der Waals surface area contributed by atoms with Crippen LogP contribution in [-0.4, -0.2) is 41.9 Å². The Labute approximate surface area is 119 Å². The van der Waals surface area contributed by atoms with Crippen molar-refractivity contribution in [2.24, 2.45) is 0 Å². The Morgan fingerprint density at radius 1 is 1.25 bits per heavy atom. The molecule has 1 fully saturated rings. The topological polar surface area (TPSA) is 101 Å². The SMILES string of the molecule is CCC(C(=O)O)S(=O)(=O)C(C)C(=O)NC1CCCCC1. The summed E-state index contributed by atoms with van der Waals surface area (Å²) in [5.74, 6) is -1.98. The molecular weight excluding hydrogens is 282 g/mol. The Bertz CT molecular complexity index is 453. The highest BCUT2D eigenvalue weighted by Crippen LogP contribution is 2.19. The summed E-state index contributed by atoms with van der Waals surface area (Å²) in [4.78, 5) is 23.0. The van der Waals surface area contributed by atoms with Crippen molar-refractivity contribution in [3.63, 3.8) is 0 Å². The van der Waals surface area contributed by atoms with Gasteiger partial charge in [-0.3, -0.25) is 9.59 Å². The third kappa shape index (κ3) is 3.94. The van der Waals surface area contributed by atoms with E-state index in [9.17, 15) is 18.0 Å². The Hall–Kier alpha value is -1.11. The summed E-state index contributed by atoms with van der Waals surface area (Å²) >= 11 is 0. The van der Waals surface area contributed by atoms with Gasteiger partial charge in [0.25, 0.3) is 0 Å². The minimum absolute atomic E-state index is 0.0128. The van der Waals surface area contributed by atoms with E-state index < -0.39 is 32.2 Å². The van der Waals surface area contributed by atoms with Gasteiger partial charge in [0, 0.05) is 6.04 Å². The molecule has 0 aromatic rings. The predicted octanol–water partition coefficient (Wildman–Crippen LogP) is 1.10. The number of aliphatic carboxylic acids is 1. The van der Waals surface area contributed by atoms with Crippen LogP contribution in [0.5, 0.6) is 0 Å². The fourth-order valence-corrected chi connectivity index (χ4v) is 4.11. The summed E-state index contributed by atoms with van der Waals surface area (Å²) in [7, 11) is -4.01. The van der Waals surface area contributed by atoms with Gasteiger partial charge >= 0.3 is 5.97 Å². The molecule has 0 aromatic carbocycles. The number of hydrogen-bond donors (Lipinski definition) is 2. The number of hydrogen-bond acceptors (Lipinski definition) is 4. The zero-order chi connectivity index (χ0) is 15.3. The van der Waals surface area contributed by atoms with E-state index in [1.807, 2.05) is 0 Å². The summed E-state index contributed by atoms with van der Waals surface area (Å²) < 4.78 is 24.3. The van der Waals surface area contributed by atoms with Crippen molar-refractivity contribution in [3.05, 3.63) is 0 Å². The summed E-state index contributed by atoms with van der Waals surface area (Å²) in [5.41, 5.74) is 0. The third-order valence-corrected chi connectivity index (χ3v) is 6.38. The highest BCUT2D eigenvalue weighted by atomic mass is 32.2. The van der Waals surface area contributed by atoms with E-state index in [1.54, 1.807) is 0 Å². The zero-order valence-corrected chi connectivity index (χ0v) is 12.8. The van der Waals surface area contributed by atoms with Crippen LogP contribution in [0.2, 0.25) is 0 Å². The van der Waals surface area contributed by atoms with Crippen molar-refractivity contribution in [3.8, 4) is 0 Å². The lowest BCUT2D eigenvalue weighted by molar-refractivity contribution is -0.136. The second-order valence-corrected chi connectivity index (χ2v) is 7.76. The number of amides is 1. The molecule has 2 unspecified atom stereocenters. The van der Waals surface area contributed by atoms with Crippen LogP contribution in [0, 0.1) is 0 Å². The molecule has 0 bridgehead atoms. The molecule has 0 spiro atoms. The summed E-state index contributed by atoms with van der Waals surface area (Å²) in [5, 5.41) is 8.83. The maximum Gasteiger partial charge on any atom is 0.321 e. The Balaban J connectivity index is 2.73. The van der Waals surface area contributed by atoms with Crippen LogP contribution < -0.4 is 5.32 Å². The van der Waals surface area contributed by atoms with E-state index >= 15 is 0 Å². The third-order valence-electron chi connectivity index (χ3n) is 3.86. The van der Waals surface area contributed by atoms with Crippen LogP contribution in [0.15, 0.2) is 0 Å². The summed E-state index contributed by atoms with van der Waals surface area (Å²) in [6.07, 6.45) is 4.86. The predicted molar refractivity (Wildman–Crippen MR) is 75.1 cm³/mol. The summed E-state index contributed by atoms with van der Waals surface area (Å²) in [6, 6.07) is 0.0128. The van der Waals surface area contributed by atoms with Gasteiger partial charge < -0.3 is 10.4 Å². The minimum atomic E-state index is -4.01. The van der Waals surface area contributed by atoms with Crippen molar-refractivity contribution in [2.75, 3.05) is 0 Å². The van der Waals surface area contributed by atoms with Crippen LogP contribution in [0.25, 0.3) is 0 Å². The number of carbonyl (C=O) groups excluding carboxylic acids is 1. The number of carbonyl (C=O) groups is 2. The molecule has 1 amide bonds. The standard InChI is InChI=1S/C13H23NO5S/c1-3-11(13(16)17)20(18,19)9(2)12(15)14-10-7-5-4-6-8-10/h9-11H,3-8H2,1-2H3,(H,14,15)(H,16,17). The maximum atomic E-state index is 12.1. The first-order valence-electron chi connectivity index (χ1n) is 7.06. The van der Waals surface area contributed by atoms with Crippen molar-refractivity contribution in [2.45, 2.75) is 68.9 Å². The number of rotatable bonds is 6. The van der Waals surface area contributed by atoms with Crippen LogP contribution in [0.1, 0.15) is 52.4 Å². The molecule has 1 aliphatic rings. The lowest BCUT2D eigenvalue weighted by atomic mass is 9.95. The van der Waals surface area contributed by atoms with Crippen LogP contribution in [0.4, 0.5) is 0 Å². The van der Waals surface area contributed by atoms with E-state index in [4.69, 9.17) is 5.11 Å². The number of carboxylic acids is 1. The van der Waals surface area contributed by atoms with Gasteiger partial charge in [-0.1, -0.05) is 26.2 Å². The Morgan fingerprint density at radius 2 is 1.80 bits per heavy atom. The molecule has 0 heterocycles. The molecule has 2 atom stereocenters. The van der Waals surface area contributed by atoms with Crippen LogP contribution >= 0.6 is 0 Å². The molecule has 0 aliphatic heterocycles. The average molecular weight is 305 g/mol. The van der Waals surface area contributed by atoms with Crippen molar-refractivity contribution >= 4 is 21.7 Å². The van der Waals surface area contributed by atoms with E-state index in [2.05, 4.69) is 5.32 Å². The monoisotopic (exact) mass is 305 g/mol. The normalized spacial score (nSPS) is 20.1. The quantitative estimate of drug-likeness (QED) is 0.765. The van der Waals surface area contributed by atoms with Gasteiger partial charge in [-0.15, -0.1) is 0 Å². The van der Waals surface area contributed by atoms with E-state index in [1.165, 1.54) is 13.8 Å². The van der Waals surface area contributed by atoms with Crippen molar-refractivity contribution in [1.29, 1.82) is 0 Å². The molecule has 1 aliphatic carbocycles. The molecule has 116 valence electrons. The molecular formula is C13H23NO5S. The Morgan fingerprint density at radius 3 is 2.25 bits per heavy atom. The highest BCUT2D eigenvalue weighted by molar-refractivity contribution is 7.94. The molecule has 1 saturated carbocycles. The van der Waals surface area contributed by atoms with Gasteiger partial charge in [-0.05, 0) is 26.2 Å². The first-order valence-corrected chi connectivity index (χ1v) is 8.67. The molecule has 7 heteroatoms. The molecule has 0 radical (unpaired) electrons. The largest absolute Gasteiger partial charge is 0.480 e. The molecule has 2 N–H and O–H groups in total. The smallest absolute Gasteiger partial charge is 0.321 e. The lowest BCUT2D eigenvalue weighted by Gasteiger charge is -2.25. The Kier molecular flexibility index (Phi) is 5.98. The maximum absolute atomic E-state index is 12.1. The zero-order valence-electron chi connectivity index (χ0n) is 12.0. The second kappa shape index (κ2) is 7.06. The molecule has 0 aromatic heterocycles. The van der Waals surface area contributed by atoms with Crippen molar-refractivity contribution in [1.82, 2.24) is 5.32 Å². The number of carboxylic acid groups (broad SMARTS) is 1. The van der Waals surface area contributed by atoms with Gasteiger partial charge in [0.1, 0.15) is 5.25 Å². The molecule has 1 rings (SSSR count). The van der Waals surface area contributed by atoms with Crippen LogP contribution in [-0.2, 0) is 19.4 Å². The fourth-order valence-electron chi connectivity index (χ4n) is 2.51. The van der Waals surface area contributed by atoms with Gasteiger partial charge in [0.2, 0.25) is 5.91 Å². The lowest BCUT2D eigenvalue weighted by Crippen LogP contribution is -2.47. The molecule has 20 heavy (non-hydrogen) atoms. The van der Waals surface area contributed by atoms with Gasteiger partial charge in [0.05, 0.1) is 0 Å². The van der Waals surface area contributed by atoms with Crippen LogP contribution in [0.3, 0.4) is 0 Å². The number of nitrogens with one attached hydrogen (secondary N) is 1. The van der Waals surface area contributed by atoms with E-state index in [-0.39, 0.29) is 12.5 Å². The molecule has 6 nitrogen and oxygen atoms in total. The average Bonchev–Trinajstić information content (AvgIpc) is 2.38. The highest BCUT2D eigenvalue weighted by Gasteiger charge is 2.39. The fraction of sp³-hybridized carbons (Fsp3) is 0.846. The first kappa shape index (κ1) is 16.9. The second-order valence-electron chi connectivity index (χ2n) is 5.31. The number of sulfone groups is 1. The summed E-state index contributed by atoms with van der Waals surface area (Å²) in [6.45, 7) is 2.75.